The number of rotatable bonds is 9. The van der Waals surface area contributed by atoms with E-state index in [-0.39, 0.29) is 10.6 Å². The van der Waals surface area contributed by atoms with E-state index < -0.39 is 0 Å². The van der Waals surface area contributed by atoms with Gasteiger partial charge in [0.1, 0.15) is 17.2 Å². The topological polar surface area (TPSA) is 71.3 Å². The lowest BCUT2D eigenvalue weighted by Gasteiger charge is -2.37. The first-order chi connectivity index (χ1) is 15.4. The second-order valence-corrected chi connectivity index (χ2v) is 8.43. The largest absolute Gasteiger partial charge is 0.497 e. The number of nitro benzene ring substituents is 1. The monoisotopic (exact) mass is 442 g/mol. The van der Waals surface area contributed by atoms with E-state index in [0.29, 0.717) is 29.6 Å². The Labute approximate surface area is 190 Å². The molecular weight excluding hydrogens is 408 g/mol. The van der Waals surface area contributed by atoms with Gasteiger partial charge in [-0.15, -0.1) is 0 Å². The lowest BCUT2D eigenvalue weighted by Crippen LogP contribution is -2.47. The number of nitro groups is 1. The summed E-state index contributed by atoms with van der Waals surface area (Å²) in [5.74, 6) is 2.00. The van der Waals surface area contributed by atoms with Crippen LogP contribution < -0.4 is 19.3 Å². The minimum Gasteiger partial charge on any atom is -0.497 e. The number of hydrogen-bond donors (Lipinski definition) is 0. The average Bonchev–Trinajstić information content (AvgIpc) is 2.79. The van der Waals surface area contributed by atoms with Crippen molar-refractivity contribution in [2.75, 3.05) is 63.3 Å². The molecule has 0 aromatic heterocycles. The molecule has 2 aromatic rings. The van der Waals surface area contributed by atoms with Crippen LogP contribution >= 0.6 is 0 Å². The third-order valence-electron chi connectivity index (χ3n) is 5.77. The van der Waals surface area contributed by atoms with E-state index in [1.165, 1.54) is 0 Å². The van der Waals surface area contributed by atoms with Crippen LogP contribution in [0.25, 0.3) is 0 Å². The molecule has 8 heteroatoms. The predicted molar refractivity (Wildman–Crippen MR) is 129 cm³/mol. The minimum absolute atomic E-state index is 0.144. The van der Waals surface area contributed by atoms with Gasteiger partial charge in [-0.3, -0.25) is 15.0 Å². The van der Waals surface area contributed by atoms with Crippen molar-refractivity contribution in [3.05, 3.63) is 46.5 Å². The summed E-state index contributed by atoms with van der Waals surface area (Å²) in [6.07, 6.45) is 0. The fraction of sp³-hybridized carbons (Fsp3) is 0.500. The van der Waals surface area contributed by atoms with Gasteiger partial charge in [0.15, 0.2) is 0 Å². The van der Waals surface area contributed by atoms with Gasteiger partial charge in [-0.25, -0.2) is 0 Å². The molecular formula is C24H34N4O4. The van der Waals surface area contributed by atoms with Crippen LogP contribution in [0.3, 0.4) is 0 Å². The number of anilines is 3. The van der Waals surface area contributed by atoms with E-state index in [0.717, 1.165) is 44.1 Å². The lowest BCUT2D eigenvalue weighted by atomic mass is 10.1. The molecule has 0 atom stereocenters. The summed E-state index contributed by atoms with van der Waals surface area (Å²) in [4.78, 5) is 18.2. The molecule has 1 heterocycles. The minimum atomic E-state index is -0.287. The molecule has 0 aliphatic carbocycles. The molecule has 3 rings (SSSR count). The van der Waals surface area contributed by atoms with Crippen molar-refractivity contribution in [2.24, 2.45) is 5.92 Å². The highest BCUT2D eigenvalue weighted by Crippen LogP contribution is 2.38. The molecule has 2 aromatic carbocycles. The van der Waals surface area contributed by atoms with Crippen molar-refractivity contribution in [1.82, 2.24) is 4.90 Å². The Morgan fingerprint density at radius 3 is 2.12 bits per heavy atom. The number of benzene rings is 2. The van der Waals surface area contributed by atoms with Crippen molar-refractivity contribution < 1.29 is 14.4 Å². The summed E-state index contributed by atoms with van der Waals surface area (Å²) in [5.41, 5.74) is 2.62. The van der Waals surface area contributed by atoms with Gasteiger partial charge in [-0.2, -0.15) is 0 Å². The molecule has 1 saturated heterocycles. The molecule has 32 heavy (non-hydrogen) atoms. The third kappa shape index (κ3) is 5.43. The van der Waals surface area contributed by atoms with Crippen LogP contribution in [0.15, 0.2) is 36.4 Å². The van der Waals surface area contributed by atoms with Crippen LogP contribution in [0.4, 0.5) is 22.7 Å². The summed E-state index contributed by atoms with van der Waals surface area (Å²) in [6.45, 7) is 11.6. The molecule has 0 bridgehead atoms. The zero-order valence-electron chi connectivity index (χ0n) is 19.7. The fourth-order valence-corrected chi connectivity index (χ4v) is 4.24. The van der Waals surface area contributed by atoms with E-state index in [2.05, 4.69) is 35.5 Å². The van der Waals surface area contributed by atoms with Crippen LogP contribution in [-0.4, -0.2) is 63.3 Å². The van der Waals surface area contributed by atoms with Crippen LogP contribution in [0.5, 0.6) is 11.5 Å². The molecule has 0 unspecified atom stereocenters. The first kappa shape index (κ1) is 23.7. The van der Waals surface area contributed by atoms with Crippen LogP contribution in [0.1, 0.15) is 20.8 Å². The lowest BCUT2D eigenvalue weighted by molar-refractivity contribution is -0.384. The zero-order valence-corrected chi connectivity index (χ0v) is 19.7. The van der Waals surface area contributed by atoms with Gasteiger partial charge in [0.2, 0.25) is 0 Å². The van der Waals surface area contributed by atoms with Gasteiger partial charge in [0.25, 0.3) is 5.69 Å². The maximum atomic E-state index is 11.8. The van der Waals surface area contributed by atoms with Crippen molar-refractivity contribution in [2.45, 2.75) is 20.8 Å². The van der Waals surface area contributed by atoms with Gasteiger partial charge in [0, 0.05) is 74.9 Å². The van der Waals surface area contributed by atoms with Gasteiger partial charge in [-0.05, 0) is 25.0 Å². The van der Waals surface area contributed by atoms with E-state index in [1.54, 1.807) is 20.3 Å². The fourth-order valence-electron chi connectivity index (χ4n) is 4.24. The summed E-state index contributed by atoms with van der Waals surface area (Å²) in [6, 6.07) is 11.1. The molecule has 0 spiro atoms. The van der Waals surface area contributed by atoms with Crippen LogP contribution in [0, 0.1) is 16.0 Å². The van der Waals surface area contributed by atoms with E-state index in [4.69, 9.17) is 9.47 Å². The van der Waals surface area contributed by atoms with E-state index >= 15 is 0 Å². The van der Waals surface area contributed by atoms with Gasteiger partial charge >= 0.3 is 0 Å². The quantitative estimate of drug-likeness (QED) is 0.417. The first-order valence-electron chi connectivity index (χ1n) is 11.1. The number of hydrogen-bond acceptors (Lipinski definition) is 7. The SMILES string of the molecule is CCN(c1cc(OC)cc(OC)c1)c1ccc([N+](=O)[O-])c(N2CCN(CC(C)C)CC2)c1. The molecule has 0 N–H and O–H groups in total. The molecule has 0 amide bonds. The Balaban J connectivity index is 1.94. The second kappa shape index (κ2) is 10.5. The standard InChI is InChI=1S/C24H34N4O4/c1-6-27(20-13-21(31-4)16-22(14-20)32-5)19-7-8-23(28(29)30)24(15-19)26-11-9-25(10-12-26)17-18(2)3/h7-8,13-16,18H,6,9-12,17H2,1-5H3. The Bertz CT molecular complexity index is 904. The summed E-state index contributed by atoms with van der Waals surface area (Å²) in [5, 5.41) is 11.8. The van der Waals surface area contributed by atoms with E-state index in [1.807, 2.05) is 30.3 Å². The molecule has 0 radical (unpaired) electrons. The van der Waals surface area contributed by atoms with Crippen LogP contribution in [-0.2, 0) is 0 Å². The number of methoxy groups -OCH3 is 2. The Kier molecular flexibility index (Phi) is 7.80. The molecule has 1 aliphatic heterocycles. The maximum absolute atomic E-state index is 11.8. The van der Waals surface area contributed by atoms with Crippen molar-refractivity contribution >= 4 is 22.7 Å². The average molecular weight is 443 g/mol. The van der Waals surface area contributed by atoms with Crippen LogP contribution in [0.2, 0.25) is 0 Å². The van der Waals surface area contributed by atoms with Crippen molar-refractivity contribution in [3.63, 3.8) is 0 Å². The molecule has 1 aliphatic rings. The van der Waals surface area contributed by atoms with Crippen molar-refractivity contribution in [3.8, 4) is 11.5 Å². The van der Waals surface area contributed by atoms with Gasteiger partial charge < -0.3 is 19.3 Å². The Morgan fingerprint density at radius 1 is 1.00 bits per heavy atom. The Morgan fingerprint density at radius 2 is 1.62 bits per heavy atom. The highest BCUT2D eigenvalue weighted by molar-refractivity contribution is 5.75. The van der Waals surface area contributed by atoms with Gasteiger partial charge in [0.05, 0.1) is 19.1 Å². The first-order valence-corrected chi connectivity index (χ1v) is 11.1. The van der Waals surface area contributed by atoms with E-state index in [9.17, 15) is 10.1 Å². The number of piperazine rings is 1. The number of nitrogens with zero attached hydrogens (tertiary/aromatic N) is 4. The smallest absolute Gasteiger partial charge is 0.292 e. The second-order valence-electron chi connectivity index (χ2n) is 8.43. The summed E-state index contributed by atoms with van der Waals surface area (Å²) < 4.78 is 10.9. The normalized spacial score (nSPS) is 14.5. The Hall–Kier alpha value is -3.00. The zero-order chi connectivity index (χ0) is 23.3. The number of ether oxygens (including phenoxy) is 2. The third-order valence-corrected chi connectivity index (χ3v) is 5.77. The van der Waals surface area contributed by atoms with Crippen molar-refractivity contribution in [1.29, 1.82) is 0 Å². The highest BCUT2D eigenvalue weighted by atomic mass is 16.6. The highest BCUT2D eigenvalue weighted by Gasteiger charge is 2.25. The predicted octanol–water partition coefficient (Wildman–Crippen LogP) is 4.55. The molecule has 1 fully saturated rings. The molecule has 0 saturated carbocycles. The molecule has 8 nitrogen and oxygen atoms in total. The summed E-state index contributed by atoms with van der Waals surface area (Å²) >= 11 is 0. The maximum Gasteiger partial charge on any atom is 0.292 e. The molecule has 174 valence electrons. The van der Waals surface area contributed by atoms with Gasteiger partial charge in [-0.1, -0.05) is 13.8 Å². The summed E-state index contributed by atoms with van der Waals surface area (Å²) in [7, 11) is 3.25.